The lowest BCUT2D eigenvalue weighted by Crippen LogP contribution is -2.25. The van der Waals surface area contributed by atoms with E-state index < -0.39 is 6.10 Å². The zero-order valence-electron chi connectivity index (χ0n) is 15.6. The van der Waals surface area contributed by atoms with Crippen LogP contribution in [0.2, 0.25) is 0 Å². The average molecular weight is 369 g/mol. The van der Waals surface area contributed by atoms with Crippen molar-refractivity contribution in [1.82, 2.24) is 20.2 Å². The molecule has 0 spiro atoms. The van der Waals surface area contributed by atoms with E-state index in [9.17, 15) is 5.11 Å². The van der Waals surface area contributed by atoms with Crippen LogP contribution >= 0.6 is 0 Å². The van der Waals surface area contributed by atoms with E-state index in [1.54, 1.807) is 7.11 Å². The van der Waals surface area contributed by atoms with Gasteiger partial charge < -0.3 is 19.5 Å². The molecule has 2 aromatic heterocycles. The van der Waals surface area contributed by atoms with Gasteiger partial charge in [0.15, 0.2) is 0 Å². The maximum atomic E-state index is 10.1. The second-order valence-electron chi connectivity index (χ2n) is 6.95. The standard InChI is InChI=1S/C19H23N5O3/c1-11(2)27-12-4-5-14-13(6-12)19(23-22-14)15-7-18(21-10-20-15)24-8-16(25)17(9-24)26-3/h4-7,10-11,16-17,25H,8-9H2,1-3H3,(H,22,23)/t16-,17-/m0/s1. The SMILES string of the molecule is CO[C@H]1CN(c2cc(-c3n[nH]c4ccc(OC(C)C)cc34)ncn2)C[C@@H]1O. The quantitative estimate of drug-likeness (QED) is 0.710. The maximum absolute atomic E-state index is 10.1. The van der Waals surface area contributed by atoms with Gasteiger partial charge in [0.1, 0.15) is 29.7 Å². The smallest absolute Gasteiger partial charge is 0.132 e. The molecule has 2 N–H and O–H groups in total. The summed E-state index contributed by atoms with van der Waals surface area (Å²) < 4.78 is 11.1. The molecule has 0 unspecified atom stereocenters. The minimum Gasteiger partial charge on any atom is -0.491 e. The van der Waals surface area contributed by atoms with Gasteiger partial charge in [0.25, 0.3) is 0 Å². The van der Waals surface area contributed by atoms with Crippen LogP contribution in [0.1, 0.15) is 13.8 Å². The van der Waals surface area contributed by atoms with Crippen LogP contribution in [0.5, 0.6) is 5.75 Å². The number of aromatic nitrogens is 4. The minimum atomic E-state index is -0.532. The molecule has 1 saturated heterocycles. The molecule has 0 aliphatic carbocycles. The third-order valence-electron chi connectivity index (χ3n) is 4.67. The van der Waals surface area contributed by atoms with Crippen molar-refractivity contribution >= 4 is 16.7 Å². The van der Waals surface area contributed by atoms with Gasteiger partial charge >= 0.3 is 0 Å². The second-order valence-corrected chi connectivity index (χ2v) is 6.95. The van der Waals surface area contributed by atoms with Crippen LogP contribution in [0, 0.1) is 0 Å². The van der Waals surface area contributed by atoms with Crippen molar-refractivity contribution in [2.45, 2.75) is 32.2 Å². The highest BCUT2D eigenvalue weighted by atomic mass is 16.5. The van der Waals surface area contributed by atoms with Crippen molar-refractivity contribution in [3.63, 3.8) is 0 Å². The molecule has 0 saturated carbocycles. The Bertz CT molecular complexity index is 942. The number of nitrogens with one attached hydrogen (secondary N) is 1. The van der Waals surface area contributed by atoms with E-state index in [0.717, 1.165) is 28.2 Å². The maximum Gasteiger partial charge on any atom is 0.132 e. The van der Waals surface area contributed by atoms with E-state index in [-0.39, 0.29) is 12.2 Å². The molecular weight excluding hydrogens is 346 g/mol. The molecule has 0 bridgehead atoms. The molecule has 1 aliphatic rings. The summed E-state index contributed by atoms with van der Waals surface area (Å²) in [5.41, 5.74) is 2.37. The number of aliphatic hydroxyl groups excluding tert-OH is 1. The topological polar surface area (TPSA) is 96.4 Å². The number of hydrogen-bond acceptors (Lipinski definition) is 7. The lowest BCUT2D eigenvalue weighted by atomic mass is 10.1. The number of methoxy groups -OCH3 is 1. The monoisotopic (exact) mass is 369 g/mol. The van der Waals surface area contributed by atoms with Gasteiger partial charge in [-0.25, -0.2) is 9.97 Å². The first kappa shape index (κ1) is 17.7. The predicted octanol–water partition coefficient (Wildman–Crippen LogP) is 2.00. The average Bonchev–Trinajstić information content (AvgIpc) is 3.24. The third kappa shape index (κ3) is 3.45. The van der Waals surface area contributed by atoms with Crippen LogP contribution in [-0.2, 0) is 4.74 Å². The van der Waals surface area contributed by atoms with E-state index >= 15 is 0 Å². The van der Waals surface area contributed by atoms with Crippen molar-refractivity contribution in [1.29, 1.82) is 0 Å². The van der Waals surface area contributed by atoms with Gasteiger partial charge in [-0.15, -0.1) is 0 Å². The van der Waals surface area contributed by atoms with E-state index in [1.165, 1.54) is 6.33 Å². The zero-order chi connectivity index (χ0) is 19.0. The number of aromatic amines is 1. The van der Waals surface area contributed by atoms with Gasteiger partial charge in [0, 0.05) is 31.7 Å². The summed E-state index contributed by atoms with van der Waals surface area (Å²) in [6, 6.07) is 7.73. The van der Waals surface area contributed by atoms with Gasteiger partial charge in [-0.1, -0.05) is 0 Å². The fourth-order valence-corrected chi connectivity index (χ4v) is 3.36. The van der Waals surface area contributed by atoms with Gasteiger partial charge in [-0.05, 0) is 32.0 Å². The normalized spacial score (nSPS) is 20.0. The predicted molar refractivity (Wildman–Crippen MR) is 102 cm³/mol. The summed E-state index contributed by atoms with van der Waals surface area (Å²) in [6.45, 7) is 5.05. The van der Waals surface area contributed by atoms with Crippen LogP contribution in [0.4, 0.5) is 5.82 Å². The number of benzene rings is 1. The van der Waals surface area contributed by atoms with Gasteiger partial charge in [-0.2, -0.15) is 5.10 Å². The van der Waals surface area contributed by atoms with Crippen LogP contribution in [-0.4, -0.2) is 63.8 Å². The van der Waals surface area contributed by atoms with E-state index in [4.69, 9.17) is 9.47 Å². The molecule has 2 atom stereocenters. The molecular formula is C19H23N5O3. The Morgan fingerprint density at radius 2 is 2.07 bits per heavy atom. The molecule has 27 heavy (non-hydrogen) atoms. The number of β-amino-alcohol motifs (C(OH)–C–C–N with tert-alkyl or cyclic N) is 1. The molecule has 1 aromatic carbocycles. The number of anilines is 1. The van der Waals surface area contributed by atoms with Gasteiger partial charge in [0.2, 0.25) is 0 Å². The lowest BCUT2D eigenvalue weighted by molar-refractivity contribution is 0.0217. The molecule has 3 heterocycles. The highest BCUT2D eigenvalue weighted by Crippen LogP contribution is 2.30. The number of H-pyrrole nitrogens is 1. The Labute approximate surface area is 157 Å². The Morgan fingerprint density at radius 3 is 2.81 bits per heavy atom. The summed E-state index contributed by atoms with van der Waals surface area (Å²) in [6.07, 6.45) is 0.867. The molecule has 8 nitrogen and oxygen atoms in total. The van der Waals surface area contributed by atoms with Gasteiger partial charge in [0.05, 0.1) is 23.4 Å². The number of ether oxygens (including phenoxy) is 2. The third-order valence-corrected chi connectivity index (χ3v) is 4.67. The summed E-state index contributed by atoms with van der Waals surface area (Å²) in [5, 5.41) is 18.5. The molecule has 1 fully saturated rings. The van der Waals surface area contributed by atoms with Crippen molar-refractivity contribution in [2.75, 3.05) is 25.1 Å². The zero-order valence-corrected chi connectivity index (χ0v) is 15.6. The molecule has 0 amide bonds. The number of rotatable bonds is 5. The molecule has 1 aliphatic heterocycles. The highest BCUT2D eigenvalue weighted by Gasteiger charge is 2.32. The number of hydrogen-bond donors (Lipinski definition) is 2. The molecule has 8 heteroatoms. The fourth-order valence-electron chi connectivity index (χ4n) is 3.36. The Kier molecular flexibility index (Phi) is 4.67. The number of aliphatic hydroxyl groups is 1. The van der Waals surface area contributed by atoms with E-state index in [0.29, 0.717) is 18.8 Å². The van der Waals surface area contributed by atoms with Crippen molar-refractivity contribution in [2.24, 2.45) is 0 Å². The first-order chi connectivity index (χ1) is 13.0. The van der Waals surface area contributed by atoms with Crippen LogP contribution in [0.15, 0.2) is 30.6 Å². The fraction of sp³-hybridized carbons (Fsp3) is 0.421. The Morgan fingerprint density at radius 1 is 1.22 bits per heavy atom. The summed E-state index contributed by atoms with van der Waals surface area (Å²) >= 11 is 0. The summed E-state index contributed by atoms with van der Waals surface area (Å²) in [5.74, 6) is 1.53. The molecule has 0 radical (unpaired) electrons. The number of fused-ring (bicyclic) bond motifs is 1. The van der Waals surface area contributed by atoms with Crippen LogP contribution < -0.4 is 9.64 Å². The number of nitrogens with zero attached hydrogens (tertiary/aromatic N) is 4. The van der Waals surface area contributed by atoms with Crippen LogP contribution in [0.25, 0.3) is 22.3 Å². The second kappa shape index (κ2) is 7.13. The summed E-state index contributed by atoms with van der Waals surface area (Å²) in [4.78, 5) is 10.7. The van der Waals surface area contributed by atoms with E-state index in [2.05, 4.69) is 20.2 Å². The largest absolute Gasteiger partial charge is 0.491 e. The molecule has 3 aromatic rings. The highest BCUT2D eigenvalue weighted by molar-refractivity contribution is 5.93. The Hall–Kier alpha value is -2.71. The van der Waals surface area contributed by atoms with Crippen molar-refractivity contribution in [3.8, 4) is 17.1 Å². The van der Waals surface area contributed by atoms with Crippen molar-refractivity contribution < 1.29 is 14.6 Å². The molecule has 142 valence electrons. The molecule has 4 rings (SSSR count). The summed E-state index contributed by atoms with van der Waals surface area (Å²) in [7, 11) is 1.61. The van der Waals surface area contributed by atoms with Crippen molar-refractivity contribution in [3.05, 3.63) is 30.6 Å². The van der Waals surface area contributed by atoms with Gasteiger partial charge in [-0.3, -0.25) is 5.10 Å². The first-order valence-corrected chi connectivity index (χ1v) is 8.98. The van der Waals surface area contributed by atoms with E-state index in [1.807, 2.05) is 43.0 Å². The van der Waals surface area contributed by atoms with Crippen LogP contribution in [0.3, 0.4) is 0 Å². The lowest BCUT2D eigenvalue weighted by Gasteiger charge is -2.16. The Balaban J connectivity index is 1.68. The first-order valence-electron chi connectivity index (χ1n) is 8.98. The minimum absolute atomic E-state index is 0.0961.